The Labute approximate surface area is 102 Å². The van der Waals surface area contributed by atoms with Crippen LogP contribution in [-0.2, 0) is 49.3 Å². The zero-order valence-corrected chi connectivity index (χ0v) is 10.6. The zero-order chi connectivity index (χ0) is 5.21. The Kier molecular flexibility index (Phi) is 40.0. The molecule has 0 aromatic heterocycles. The van der Waals surface area contributed by atoms with Crippen molar-refractivity contribution in [2.45, 2.75) is 0 Å². The van der Waals surface area contributed by atoms with Crippen LogP contribution in [0.2, 0.25) is 0 Å². The zero-order valence-electron chi connectivity index (χ0n) is 4.75. The van der Waals surface area contributed by atoms with E-state index in [0.29, 0.717) is 0 Å². The maximum Gasteiger partial charge on any atom is 1.00 e. The van der Waals surface area contributed by atoms with Crippen molar-refractivity contribution in [3.05, 3.63) is 0 Å². The Balaban J connectivity index is -0.0000000208. The van der Waals surface area contributed by atoms with Gasteiger partial charge in [-0.2, -0.15) is 0 Å². The van der Waals surface area contributed by atoms with Crippen LogP contribution in [0.5, 0.6) is 0 Å². The minimum absolute atomic E-state index is 0. The first kappa shape index (κ1) is 29.7. The molecule has 0 spiro atoms. The second-order valence-electron chi connectivity index (χ2n) is 0.476. The Bertz CT molecular complexity index is 118. The van der Waals surface area contributed by atoms with Gasteiger partial charge < -0.3 is 32.0 Å². The van der Waals surface area contributed by atoms with Gasteiger partial charge in [0.2, 0.25) is 0 Å². The maximum absolute atomic E-state index is 9.12. The summed E-state index contributed by atoms with van der Waals surface area (Å²) in [5.74, 6) is 0. The molecule has 0 saturated heterocycles. The topological polar surface area (TPSA) is 129 Å². The van der Waals surface area contributed by atoms with Crippen LogP contribution in [0.15, 0.2) is 0 Å². The van der Waals surface area contributed by atoms with Crippen LogP contribution in [0.4, 0.5) is 0 Å². The van der Waals surface area contributed by atoms with E-state index in [2.05, 4.69) is 16.5 Å². The Morgan fingerprint density at radius 1 is 1.30 bits per heavy atom. The molecule has 4 N–H and O–H groups in total. The molecule has 0 aliphatic heterocycles. The van der Waals surface area contributed by atoms with E-state index in [4.69, 9.17) is 13.0 Å². The van der Waals surface area contributed by atoms with Crippen LogP contribution in [0.25, 0.3) is 0 Å². The summed E-state index contributed by atoms with van der Waals surface area (Å²) in [5.41, 5.74) is 0. The van der Waals surface area contributed by atoms with Crippen molar-refractivity contribution in [3.8, 4) is 0 Å². The Morgan fingerprint density at radius 2 is 1.40 bits per heavy atom. The predicted octanol–water partition coefficient (Wildman–Crippen LogP) is -5.72. The van der Waals surface area contributed by atoms with Gasteiger partial charge in [0.15, 0.2) is 10.4 Å². The van der Waals surface area contributed by atoms with Crippen molar-refractivity contribution < 1.29 is 79.5 Å². The van der Waals surface area contributed by atoms with Crippen LogP contribution >= 0.6 is 0 Å². The molecule has 10 heavy (non-hydrogen) atoms. The first-order valence-corrected chi connectivity index (χ1v) is 2.50. The summed E-state index contributed by atoms with van der Waals surface area (Å²) in [5, 5.41) is 0. The Hall–Kier alpha value is 1.88. The fourth-order valence-corrected chi connectivity index (χ4v) is 0. The van der Waals surface area contributed by atoms with Crippen molar-refractivity contribution in [2.75, 3.05) is 0 Å². The third-order valence-corrected chi connectivity index (χ3v) is 0.750. The maximum atomic E-state index is 9.12. The molecule has 0 fully saturated rings. The van der Waals surface area contributed by atoms with E-state index < -0.39 is 10.4 Å². The van der Waals surface area contributed by atoms with Gasteiger partial charge in [-0.25, -0.2) is 8.42 Å². The van der Waals surface area contributed by atoms with Gasteiger partial charge in [0.05, 0.1) is 0 Å². The van der Waals surface area contributed by atoms with Gasteiger partial charge in [0.25, 0.3) is 0 Å². The average Bonchev–Trinajstić information content (AvgIpc) is 1.35. The van der Waals surface area contributed by atoms with E-state index in [9.17, 15) is 0 Å². The van der Waals surface area contributed by atoms with E-state index in [-0.39, 0.29) is 62.9 Å². The van der Waals surface area contributed by atoms with Crippen LogP contribution in [0.3, 0.4) is 0 Å². The van der Waals surface area contributed by atoms with Gasteiger partial charge in [0, 0.05) is 0 Å². The summed E-state index contributed by atoms with van der Waals surface area (Å²) < 4.78 is 30.3. The summed E-state index contributed by atoms with van der Waals surface area (Å²) in [7, 11) is -4.60. The normalized spacial score (nSPS) is 7.00. The molecule has 0 aliphatic carbocycles. The van der Waals surface area contributed by atoms with Crippen molar-refractivity contribution in [1.29, 1.82) is 0 Å². The summed E-state index contributed by atoms with van der Waals surface area (Å²) in [6.45, 7) is 0. The molecule has 0 aromatic rings. The van der Waals surface area contributed by atoms with Gasteiger partial charge in [-0.15, -0.1) is 0 Å². The van der Waals surface area contributed by atoms with Crippen LogP contribution in [-0.4, -0.2) is 23.9 Å². The van der Waals surface area contributed by atoms with Crippen LogP contribution < -0.4 is 29.6 Å². The first-order valence-electron chi connectivity index (χ1n) is 0.833. The summed E-state index contributed by atoms with van der Waals surface area (Å²) >= 11 is 3.39. The molecule has 0 saturated carbocycles. The molecule has 0 aliphatic rings. The fourth-order valence-electron chi connectivity index (χ4n) is 0. The van der Waals surface area contributed by atoms with Gasteiger partial charge in [0.1, 0.15) is 0 Å². The molecule has 0 unspecified atom stereocenters. The molecule has 10 heteroatoms. The minimum Gasteiger partial charge on any atom is -0.727 e. The standard InChI is InChI=1S/Au.Na.H2O4S2.2H2O/c;;1-6(2,3)4-5;;/h;;5H,(H,1,2,3);2*1H2/q2*+1;;;/p-2. The summed E-state index contributed by atoms with van der Waals surface area (Å²) in [6, 6.07) is 0. The molecule has 0 rings (SSSR count). The van der Waals surface area contributed by atoms with Crippen molar-refractivity contribution in [1.82, 2.24) is 0 Å². The predicted molar refractivity (Wildman–Crippen MR) is 25.4 cm³/mol. The van der Waals surface area contributed by atoms with Crippen LogP contribution in [0.1, 0.15) is 0 Å². The summed E-state index contributed by atoms with van der Waals surface area (Å²) in [6.07, 6.45) is 0. The quantitative estimate of drug-likeness (QED) is 0.193. The van der Waals surface area contributed by atoms with Gasteiger partial charge >= 0.3 is 51.9 Å². The first-order chi connectivity index (χ1) is 2.56. The Morgan fingerprint density at radius 3 is 1.40 bits per heavy atom. The van der Waals surface area contributed by atoms with Crippen molar-refractivity contribution in [3.63, 3.8) is 0 Å². The molecule has 6 nitrogen and oxygen atoms in total. The summed E-state index contributed by atoms with van der Waals surface area (Å²) in [4.78, 5) is 0. The smallest absolute Gasteiger partial charge is 0.727 e. The minimum atomic E-state index is -4.60. The molecule has 0 amide bonds. The van der Waals surface area contributed by atoms with Gasteiger partial charge in [-0.1, -0.05) is 0 Å². The number of rotatable bonds is 1. The van der Waals surface area contributed by atoms with E-state index >= 15 is 0 Å². The monoisotopic (exact) mass is 384 g/mol. The van der Waals surface area contributed by atoms with E-state index in [1.807, 2.05) is 0 Å². The third kappa shape index (κ3) is 32.7. The molecular formula is H4AuNaO6S2. The third-order valence-electron chi connectivity index (χ3n) is 0.0833. The average molecular weight is 384 g/mol. The second-order valence-corrected chi connectivity index (χ2v) is 1.84. The molecule has 0 radical (unpaired) electrons. The molecular weight excluding hydrogens is 380 g/mol. The second kappa shape index (κ2) is 13.5. The fraction of sp³-hybridized carbons (Fsp3) is 0. The molecule has 64 valence electrons. The van der Waals surface area contributed by atoms with Gasteiger partial charge in [-0.3, -0.25) is 0 Å². The molecule has 0 atom stereocenters. The molecule has 0 bridgehead atoms. The van der Waals surface area contributed by atoms with Crippen molar-refractivity contribution in [2.24, 2.45) is 0 Å². The largest absolute Gasteiger partial charge is 1.00 e. The van der Waals surface area contributed by atoms with E-state index in [0.717, 1.165) is 0 Å². The van der Waals surface area contributed by atoms with Crippen LogP contribution in [0, 0.1) is 0 Å². The number of hydrogen-bond acceptors (Lipinski definition) is 5. The van der Waals surface area contributed by atoms with Crippen molar-refractivity contribution >= 4 is 23.3 Å². The van der Waals surface area contributed by atoms with E-state index in [1.165, 1.54) is 0 Å². The van der Waals surface area contributed by atoms with E-state index in [1.54, 1.807) is 0 Å². The SMILES string of the molecule is O.O.O=S(=O)([O-])O[S-].[Au+].[Na+]. The molecule has 0 aromatic carbocycles. The van der Waals surface area contributed by atoms with Gasteiger partial charge in [-0.05, 0) is 0 Å². The number of hydrogen-bond donors (Lipinski definition) is 0. The molecule has 0 heterocycles.